The van der Waals surface area contributed by atoms with Gasteiger partial charge in [0.25, 0.3) is 5.91 Å². The van der Waals surface area contributed by atoms with E-state index in [9.17, 15) is 4.79 Å². The van der Waals surface area contributed by atoms with E-state index < -0.39 is 6.10 Å². The molecule has 4 rings (SSSR count). The first-order valence-corrected chi connectivity index (χ1v) is 9.28. The fourth-order valence-electron chi connectivity index (χ4n) is 3.57. The average molecular weight is 368 g/mol. The lowest BCUT2D eigenvalue weighted by molar-refractivity contribution is -0.144. The molecule has 142 valence electrons. The fraction of sp³-hybridized carbons (Fsp3) is 0.450. The average Bonchev–Trinajstić information content (AvgIpc) is 3.16. The van der Waals surface area contributed by atoms with Crippen LogP contribution in [0, 0.1) is 0 Å². The number of rotatable bonds is 4. The smallest absolute Gasteiger partial charge is 0.256 e. The van der Waals surface area contributed by atoms with Gasteiger partial charge in [0.2, 0.25) is 5.88 Å². The molecule has 2 atom stereocenters. The van der Waals surface area contributed by atoms with Crippen molar-refractivity contribution in [1.29, 1.82) is 0 Å². The number of carbonyl (C=O) groups excluding carboxylic acids is 1. The molecule has 1 aromatic carbocycles. The summed E-state index contributed by atoms with van der Waals surface area (Å²) in [6.07, 6.45) is 1.05. The van der Waals surface area contributed by atoms with Gasteiger partial charge >= 0.3 is 0 Å². The van der Waals surface area contributed by atoms with E-state index in [-0.39, 0.29) is 12.0 Å². The molecule has 0 aliphatic carbocycles. The molecule has 2 aliphatic rings. The third-order valence-corrected chi connectivity index (χ3v) is 5.05. The Bertz CT molecular complexity index is 809. The van der Waals surface area contributed by atoms with Crippen molar-refractivity contribution in [1.82, 2.24) is 15.1 Å². The number of benzene rings is 1. The SMILES string of the molecule is CN(C)c1ccc(OC2CCN(C(=O)C3OCCc4ccccc43)C2)nn1. The van der Waals surface area contributed by atoms with Crippen LogP contribution in [0.25, 0.3) is 0 Å². The Hall–Kier alpha value is -2.67. The normalized spacial score (nSPS) is 21.6. The van der Waals surface area contributed by atoms with Crippen molar-refractivity contribution in [3.63, 3.8) is 0 Å². The van der Waals surface area contributed by atoms with Crippen LogP contribution in [-0.4, -0.2) is 60.9 Å². The van der Waals surface area contributed by atoms with Crippen molar-refractivity contribution in [2.45, 2.75) is 25.0 Å². The fourth-order valence-corrected chi connectivity index (χ4v) is 3.57. The summed E-state index contributed by atoms with van der Waals surface area (Å²) < 4.78 is 11.7. The zero-order valence-electron chi connectivity index (χ0n) is 15.7. The summed E-state index contributed by atoms with van der Waals surface area (Å²) in [6.45, 7) is 1.78. The molecule has 27 heavy (non-hydrogen) atoms. The molecule has 7 heteroatoms. The van der Waals surface area contributed by atoms with Crippen LogP contribution in [0.3, 0.4) is 0 Å². The second-order valence-corrected chi connectivity index (χ2v) is 7.14. The molecule has 0 N–H and O–H groups in total. The van der Waals surface area contributed by atoms with Crippen molar-refractivity contribution in [3.05, 3.63) is 47.5 Å². The molecule has 0 saturated carbocycles. The number of amides is 1. The van der Waals surface area contributed by atoms with E-state index in [0.717, 1.165) is 24.2 Å². The summed E-state index contributed by atoms with van der Waals surface area (Å²) in [5.41, 5.74) is 2.19. The molecule has 1 amide bonds. The van der Waals surface area contributed by atoms with Gasteiger partial charge in [-0.1, -0.05) is 24.3 Å². The van der Waals surface area contributed by atoms with Crippen LogP contribution in [0.4, 0.5) is 5.82 Å². The van der Waals surface area contributed by atoms with E-state index in [4.69, 9.17) is 9.47 Å². The van der Waals surface area contributed by atoms with Crippen LogP contribution in [0.1, 0.15) is 23.7 Å². The van der Waals surface area contributed by atoms with Gasteiger partial charge < -0.3 is 19.3 Å². The Morgan fingerprint density at radius 1 is 1.22 bits per heavy atom. The molecule has 2 unspecified atom stereocenters. The molecule has 0 spiro atoms. The van der Waals surface area contributed by atoms with Crippen LogP contribution in [0.5, 0.6) is 5.88 Å². The maximum absolute atomic E-state index is 13.0. The maximum atomic E-state index is 13.0. The Morgan fingerprint density at radius 2 is 2.07 bits per heavy atom. The summed E-state index contributed by atoms with van der Waals surface area (Å²) >= 11 is 0. The van der Waals surface area contributed by atoms with Gasteiger partial charge in [0, 0.05) is 33.1 Å². The molecule has 1 aromatic heterocycles. The van der Waals surface area contributed by atoms with Crippen molar-refractivity contribution < 1.29 is 14.3 Å². The highest BCUT2D eigenvalue weighted by atomic mass is 16.5. The third kappa shape index (κ3) is 3.73. The standard InChI is InChI=1S/C20H24N4O3/c1-23(2)17-7-8-18(22-21-17)27-15-9-11-24(13-15)20(25)19-16-6-4-3-5-14(16)10-12-26-19/h3-8,15,19H,9-13H2,1-2H3. The zero-order valence-corrected chi connectivity index (χ0v) is 15.7. The first-order valence-electron chi connectivity index (χ1n) is 9.28. The van der Waals surface area contributed by atoms with Gasteiger partial charge in [0.1, 0.15) is 6.10 Å². The van der Waals surface area contributed by atoms with Crippen LogP contribution >= 0.6 is 0 Å². The van der Waals surface area contributed by atoms with Gasteiger partial charge in [-0.3, -0.25) is 4.79 Å². The summed E-state index contributed by atoms with van der Waals surface area (Å²) in [4.78, 5) is 16.7. The number of fused-ring (bicyclic) bond motifs is 1. The van der Waals surface area contributed by atoms with Crippen LogP contribution in [0.15, 0.2) is 36.4 Å². The summed E-state index contributed by atoms with van der Waals surface area (Å²) in [7, 11) is 3.83. The van der Waals surface area contributed by atoms with E-state index in [1.54, 1.807) is 0 Å². The maximum Gasteiger partial charge on any atom is 0.256 e. The molecule has 1 fully saturated rings. The predicted molar refractivity (Wildman–Crippen MR) is 101 cm³/mol. The van der Waals surface area contributed by atoms with E-state index in [1.807, 2.05) is 54.2 Å². The first-order chi connectivity index (χ1) is 13.1. The summed E-state index contributed by atoms with van der Waals surface area (Å²) in [5.74, 6) is 1.28. The lowest BCUT2D eigenvalue weighted by atomic mass is 9.97. The van der Waals surface area contributed by atoms with E-state index in [1.165, 1.54) is 5.56 Å². The Kier molecular flexibility index (Phi) is 4.94. The number of hydrogen-bond acceptors (Lipinski definition) is 6. The number of likely N-dealkylation sites (tertiary alicyclic amines) is 1. The van der Waals surface area contributed by atoms with E-state index in [0.29, 0.717) is 25.6 Å². The minimum absolute atomic E-state index is 0.0160. The van der Waals surface area contributed by atoms with Gasteiger partial charge in [-0.05, 0) is 23.6 Å². The van der Waals surface area contributed by atoms with Crippen LogP contribution in [-0.2, 0) is 16.0 Å². The molecule has 0 radical (unpaired) electrons. The summed E-state index contributed by atoms with van der Waals surface area (Å²) in [5, 5.41) is 8.23. The van der Waals surface area contributed by atoms with E-state index >= 15 is 0 Å². The van der Waals surface area contributed by atoms with E-state index in [2.05, 4.69) is 16.3 Å². The van der Waals surface area contributed by atoms with Crippen LogP contribution in [0.2, 0.25) is 0 Å². The minimum Gasteiger partial charge on any atom is -0.471 e. The highest BCUT2D eigenvalue weighted by Gasteiger charge is 2.35. The lowest BCUT2D eigenvalue weighted by Crippen LogP contribution is -2.37. The third-order valence-electron chi connectivity index (χ3n) is 5.05. The molecule has 1 saturated heterocycles. The zero-order chi connectivity index (χ0) is 18.8. The van der Waals surface area contributed by atoms with Gasteiger partial charge in [0.05, 0.1) is 13.2 Å². The van der Waals surface area contributed by atoms with Crippen molar-refractivity contribution in [2.24, 2.45) is 0 Å². The molecule has 3 heterocycles. The van der Waals surface area contributed by atoms with Crippen LogP contribution < -0.4 is 9.64 Å². The number of anilines is 1. The van der Waals surface area contributed by atoms with Gasteiger partial charge in [-0.15, -0.1) is 10.2 Å². The highest BCUT2D eigenvalue weighted by Crippen LogP contribution is 2.30. The number of ether oxygens (including phenoxy) is 2. The lowest BCUT2D eigenvalue weighted by Gasteiger charge is -2.28. The topological polar surface area (TPSA) is 67.8 Å². The second-order valence-electron chi connectivity index (χ2n) is 7.14. The molecule has 7 nitrogen and oxygen atoms in total. The number of carbonyl (C=O) groups is 1. The second kappa shape index (κ2) is 7.52. The monoisotopic (exact) mass is 368 g/mol. The Labute approximate surface area is 158 Å². The Morgan fingerprint density at radius 3 is 2.85 bits per heavy atom. The summed E-state index contributed by atoms with van der Waals surface area (Å²) in [6, 6.07) is 11.7. The quantitative estimate of drug-likeness (QED) is 0.820. The van der Waals surface area contributed by atoms with Crippen molar-refractivity contribution in [2.75, 3.05) is 38.7 Å². The molecular formula is C20H24N4O3. The minimum atomic E-state index is -0.507. The van der Waals surface area contributed by atoms with Gasteiger partial charge in [-0.25, -0.2) is 0 Å². The molecular weight excluding hydrogens is 344 g/mol. The van der Waals surface area contributed by atoms with Crippen molar-refractivity contribution >= 4 is 11.7 Å². The highest BCUT2D eigenvalue weighted by molar-refractivity contribution is 5.83. The Balaban J connectivity index is 1.39. The molecule has 0 bridgehead atoms. The molecule has 2 aromatic rings. The van der Waals surface area contributed by atoms with Gasteiger partial charge in [-0.2, -0.15) is 0 Å². The number of aromatic nitrogens is 2. The molecule has 2 aliphatic heterocycles. The largest absolute Gasteiger partial charge is 0.471 e. The van der Waals surface area contributed by atoms with Gasteiger partial charge in [0.15, 0.2) is 11.9 Å². The first kappa shape index (κ1) is 17.7. The number of nitrogens with zero attached hydrogens (tertiary/aromatic N) is 4. The predicted octanol–water partition coefficient (Wildman–Crippen LogP) is 1.84. The van der Waals surface area contributed by atoms with Crippen molar-refractivity contribution in [3.8, 4) is 5.88 Å². The number of hydrogen-bond donors (Lipinski definition) is 0.